The molecular formula is C11H13N3O3S. The fourth-order valence-electron chi connectivity index (χ4n) is 1.36. The molecule has 0 fully saturated rings. The molecule has 0 aliphatic carbocycles. The molecule has 0 aliphatic rings. The van der Waals surface area contributed by atoms with Gasteiger partial charge in [0.05, 0.1) is 18.8 Å². The summed E-state index contributed by atoms with van der Waals surface area (Å²) in [7, 11) is -3.66. The van der Waals surface area contributed by atoms with E-state index in [1.807, 2.05) is 0 Å². The maximum Gasteiger partial charge on any atom is 0.274 e. The van der Waals surface area contributed by atoms with E-state index >= 15 is 0 Å². The smallest absolute Gasteiger partial charge is 0.274 e. The van der Waals surface area contributed by atoms with Gasteiger partial charge in [-0.25, -0.2) is 13.1 Å². The Morgan fingerprint density at radius 2 is 2.11 bits per heavy atom. The van der Waals surface area contributed by atoms with E-state index in [2.05, 4.69) is 9.71 Å². The van der Waals surface area contributed by atoms with Crippen molar-refractivity contribution in [1.82, 2.24) is 9.71 Å². The van der Waals surface area contributed by atoms with Crippen LogP contribution in [0.2, 0.25) is 0 Å². The van der Waals surface area contributed by atoms with Gasteiger partial charge in [0.1, 0.15) is 5.76 Å². The zero-order chi connectivity index (χ0) is 13.0. The summed E-state index contributed by atoms with van der Waals surface area (Å²) in [4.78, 5) is 4.02. The Morgan fingerprint density at radius 3 is 2.72 bits per heavy atom. The summed E-state index contributed by atoms with van der Waals surface area (Å²) in [6.45, 7) is 0.275. The van der Waals surface area contributed by atoms with Crippen molar-refractivity contribution in [2.45, 2.75) is 18.2 Å². The van der Waals surface area contributed by atoms with Crippen LogP contribution in [0.1, 0.15) is 11.5 Å². The van der Waals surface area contributed by atoms with Crippen LogP contribution in [0.25, 0.3) is 0 Å². The van der Waals surface area contributed by atoms with Crippen LogP contribution in [0.5, 0.6) is 0 Å². The summed E-state index contributed by atoms with van der Waals surface area (Å²) in [5, 5.41) is -0.140. The molecule has 2 heterocycles. The van der Waals surface area contributed by atoms with Gasteiger partial charge in [0.2, 0.25) is 5.09 Å². The maximum absolute atomic E-state index is 11.9. The minimum atomic E-state index is -3.66. The van der Waals surface area contributed by atoms with Crippen molar-refractivity contribution in [1.29, 1.82) is 0 Å². The number of rotatable bonds is 5. The molecule has 6 nitrogen and oxygen atoms in total. The molecule has 0 spiro atoms. The molecule has 96 valence electrons. The highest BCUT2D eigenvalue weighted by atomic mass is 32.2. The van der Waals surface area contributed by atoms with E-state index in [9.17, 15) is 8.42 Å². The van der Waals surface area contributed by atoms with Gasteiger partial charge in [0, 0.05) is 6.20 Å². The standard InChI is InChI=1S/C11H13N3O3S/c12-7-10-4-5-11(17-10)18(15,16)14-8-9-3-1-2-6-13-9/h1-6,14H,7-8,12H2. The van der Waals surface area contributed by atoms with Crippen molar-refractivity contribution >= 4 is 10.0 Å². The lowest BCUT2D eigenvalue weighted by molar-refractivity contribution is 0.412. The van der Waals surface area contributed by atoms with Gasteiger partial charge in [-0.3, -0.25) is 4.98 Å². The van der Waals surface area contributed by atoms with E-state index in [1.54, 1.807) is 24.4 Å². The molecule has 0 saturated heterocycles. The summed E-state index contributed by atoms with van der Waals surface area (Å²) in [6.07, 6.45) is 1.60. The molecule has 2 rings (SSSR count). The zero-order valence-electron chi connectivity index (χ0n) is 9.54. The molecule has 18 heavy (non-hydrogen) atoms. The number of hydrogen-bond donors (Lipinski definition) is 2. The summed E-state index contributed by atoms with van der Waals surface area (Å²) >= 11 is 0. The minimum absolute atomic E-state index is 0.113. The van der Waals surface area contributed by atoms with Crippen LogP contribution in [0.15, 0.2) is 46.0 Å². The van der Waals surface area contributed by atoms with Crippen molar-refractivity contribution in [3.63, 3.8) is 0 Å². The average Bonchev–Trinajstić information content (AvgIpc) is 2.87. The van der Waals surface area contributed by atoms with Crippen molar-refractivity contribution in [2.75, 3.05) is 0 Å². The van der Waals surface area contributed by atoms with E-state index in [1.165, 1.54) is 12.1 Å². The quantitative estimate of drug-likeness (QED) is 0.827. The number of nitrogens with one attached hydrogen (secondary N) is 1. The van der Waals surface area contributed by atoms with Crippen molar-refractivity contribution in [3.05, 3.63) is 48.0 Å². The lowest BCUT2D eigenvalue weighted by Gasteiger charge is -2.03. The summed E-state index contributed by atoms with van der Waals surface area (Å²) in [6, 6.07) is 8.20. The molecule has 0 saturated carbocycles. The maximum atomic E-state index is 11.9. The Balaban J connectivity index is 2.08. The van der Waals surface area contributed by atoms with E-state index in [0.29, 0.717) is 11.5 Å². The lowest BCUT2D eigenvalue weighted by atomic mass is 10.4. The van der Waals surface area contributed by atoms with Gasteiger partial charge >= 0.3 is 0 Å². The fourth-order valence-corrected chi connectivity index (χ4v) is 2.30. The van der Waals surface area contributed by atoms with Crippen LogP contribution < -0.4 is 10.5 Å². The summed E-state index contributed by atoms with van der Waals surface area (Å²) < 4.78 is 31.2. The fraction of sp³-hybridized carbons (Fsp3) is 0.182. The van der Waals surface area contributed by atoms with Gasteiger partial charge < -0.3 is 10.2 Å². The predicted octanol–water partition coefficient (Wildman–Crippen LogP) is 0.612. The topological polar surface area (TPSA) is 98.2 Å². The Morgan fingerprint density at radius 1 is 1.28 bits per heavy atom. The molecule has 0 aromatic carbocycles. The largest absolute Gasteiger partial charge is 0.447 e. The molecular weight excluding hydrogens is 254 g/mol. The summed E-state index contributed by atoms with van der Waals surface area (Å²) in [5.41, 5.74) is 5.98. The average molecular weight is 267 g/mol. The first-order chi connectivity index (χ1) is 8.62. The van der Waals surface area contributed by atoms with Gasteiger partial charge in [-0.05, 0) is 24.3 Å². The molecule has 0 unspecified atom stereocenters. The van der Waals surface area contributed by atoms with Crippen LogP contribution in [0.4, 0.5) is 0 Å². The van der Waals surface area contributed by atoms with Crippen LogP contribution in [-0.2, 0) is 23.1 Å². The van der Waals surface area contributed by atoms with Crippen molar-refractivity contribution in [2.24, 2.45) is 5.73 Å². The molecule has 3 N–H and O–H groups in total. The second kappa shape index (κ2) is 5.30. The van der Waals surface area contributed by atoms with Crippen LogP contribution in [0, 0.1) is 0 Å². The SMILES string of the molecule is NCc1ccc(S(=O)(=O)NCc2ccccn2)o1. The number of pyridine rings is 1. The first-order valence-corrected chi connectivity index (χ1v) is 6.78. The highest BCUT2D eigenvalue weighted by Gasteiger charge is 2.18. The lowest BCUT2D eigenvalue weighted by Crippen LogP contribution is -2.23. The molecule has 0 atom stereocenters. The Hall–Kier alpha value is -1.70. The number of sulfonamides is 1. The molecule has 2 aromatic heterocycles. The Labute approximate surface area is 105 Å². The van der Waals surface area contributed by atoms with E-state index in [4.69, 9.17) is 10.2 Å². The second-order valence-corrected chi connectivity index (χ2v) is 5.27. The monoisotopic (exact) mass is 267 g/mol. The molecule has 0 amide bonds. The van der Waals surface area contributed by atoms with E-state index in [-0.39, 0.29) is 18.2 Å². The van der Waals surface area contributed by atoms with E-state index in [0.717, 1.165) is 0 Å². The van der Waals surface area contributed by atoms with Gasteiger partial charge in [0.25, 0.3) is 10.0 Å². The highest BCUT2D eigenvalue weighted by Crippen LogP contribution is 2.13. The number of nitrogens with zero attached hydrogens (tertiary/aromatic N) is 1. The van der Waals surface area contributed by atoms with Gasteiger partial charge in [-0.2, -0.15) is 0 Å². The normalized spacial score (nSPS) is 11.6. The van der Waals surface area contributed by atoms with Crippen molar-refractivity contribution in [3.8, 4) is 0 Å². The number of nitrogens with two attached hydrogens (primary N) is 1. The third-order valence-corrected chi connectivity index (χ3v) is 3.55. The Bertz CT molecular complexity index is 607. The molecule has 2 aromatic rings. The van der Waals surface area contributed by atoms with Crippen LogP contribution in [-0.4, -0.2) is 13.4 Å². The zero-order valence-corrected chi connectivity index (χ0v) is 10.4. The molecule has 0 aliphatic heterocycles. The van der Waals surface area contributed by atoms with Crippen molar-refractivity contribution < 1.29 is 12.8 Å². The number of aromatic nitrogens is 1. The Kier molecular flexibility index (Phi) is 3.75. The van der Waals surface area contributed by atoms with Gasteiger partial charge in [0.15, 0.2) is 0 Å². The third kappa shape index (κ3) is 2.95. The molecule has 0 radical (unpaired) electrons. The van der Waals surface area contributed by atoms with Gasteiger partial charge in [-0.15, -0.1) is 0 Å². The predicted molar refractivity (Wildman–Crippen MR) is 64.9 cm³/mol. The first kappa shape index (κ1) is 12.7. The molecule has 0 bridgehead atoms. The number of furan rings is 1. The minimum Gasteiger partial charge on any atom is -0.447 e. The molecule has 7 heteroatoms. The van der Waals surface area contributed by atoms with E-state index < -0.39 is 10.0 Å². The third-order valence-electron chi connectivity index (χ3n) is 2.27. The summed E-state index contributed by atoms with van der Waals surface area (Å²) in [5.74, 6) is 0.424. The number of hydrogen-bond acceptors (Lipinski definition) is 5. The van der Waals surface area contributed by atoms with Gasteiger partial charge in [-0.1, -0.05) is 6.07 Å². The second-order valence-electron chi connectivity index (χ2n) is 3.57. The highest BCUT2D eigenvalue weighted by molar-refractivity contribution is 7.89. The van der Waals surface area contributed by atoms with Crippen LogP contribution >= 0.6 is 0 Å². The first-order valence-electron chi connectivity index (χ1n) is 5.30. The van der Waals surface area contributed by atoms with Crippen LogP contribution in [0.3, 0.4) is 0 Å².